The Bertz CT molecular complexity index is 516. The molecule has 0 aliphatic rings. The van der Waals surface area contributed by atoms with Crippen LogP contribution in [0.25, 0.3) is 0 Å². The van der Waals surface area contributed by atoms with Gasteiger partial charge in [-0.3, -0.25) is 4.68 Å². The average Bonchev–Trinajstić information content (AvgIpc) is 2.62. The van der Waals surface area contributed by atoms with E-state index in [-0.39, 0.29) is 10.7 Å². The predicted octanol–water partition coefficient (Wildman–Crippen LogP) is 2.96. The normalized spacial score (nSPS) is 10.6. The van der Waals surface area contributed by atoms with Crippen LogP contribution in [0.1, 0.15) is 5.56 Å². The second kappa shape index (κ2) is 4.71. The zero-order valence-corrected chi connectivity index (χ0v) is 9.80. The predicted molar refractivity (Wildman–Crippen MR) is 61.9 cm³/mol. The highest BCUT2D eigenvalue weighted by atomic mass is 35.5. The lowest BCUT2D eigenvalue weighted by Crippen LogP contribution is -2.02. The Morgan fingerprint density at radius 2 is 2.18 bits per heavy atom. The van der Waals surface area contributed by atoms with Gasteiger partial charge in [-0.25, -0.2) is 8.78 Å². The molecule has 1 aromatic heterocycles. The van der Waals surface area contributed by atoms with E-state index in [1.165, 1.54) is 0 Å². The summed E-state index contributed by atoms with van der Waals surface area (Å²) in [5.41, 5.74) is 0.976. The van der Waals surface area contributed by atoms with Crippen molar-refractivity contribution in [3.8, 4) is 0 Å². The molecule has 3 nitrogen and oxygen atoms in total. The number of nitrogens with one attached hydrogen (secondary N) is 1. The van der Waals surface area contributed by atoms with Gasteiger partial charge in [-0.05, 0) is 6.07 Å². The number of rotatable bonds is 3. The maximum atomic E-state index is 13.4. The number of aryl methyl sites for hydroxylation is 1. The first-order chi connectivity index (χ1) is 8.06. The SMILES string of the molecule is Cn1cc(CNc2c(F)cc(F)cc2Cl)cn1. The molecule has 90 valence electrons. The van der Waals surface area contributed by atoms with E-state index < -0.39 is 11.6 Å². The maximum Gasteiger partial charge on any atom is 0.150 e. The van der Waals surface area contributed by atoms with Gasteiger partial charge in [0.1, 0.15) is 5.82 Å². The number of hydrogen-bond donors (Lipinski definition) is 1. The number of anilines is 1. The summed E-state index contributed by atoms with van der Waals surface area (Å²) in [4.78, 5) is 0. The van der Waals surface area contributed by atoms with E-state index in [1.807, 2.05) is 0 Å². The van der Waals surface area contributed by atoms with Crippen LogP contribution in [0.3, 0.4) is 0 Å². The lowest BCUT2D eigenvalue weighted by Gasteiger charge is -2.08. The van der Waals surface area contributed by atoms with Crippen molar-refractivity contribution in [2.24, 2.45) is 7.05 Å². The Balaban J connectivity index is 2.14. The lowest BCUT2D eigenvalue weighted by atomic mass is 10.2. The first-order valence-electron chi connectivity index (χ1n) is 4.92. The fourth-order valence-electron chi connectivity index (χ4n) is 1.46. The van der Waals surface area contributed by atoms with Crippen LogP contribution in [-0.4, -0.2) is 9.78 Å². The molecule has 1 N–H and O–H groups in total. The second-order valence-electron chi connectivity index (χ2n) is 3.62. The smallest absolute Gasteiger partial charge is 0.150 e. The summed E-state index contributed by atoms with van der Waals surface area (Å²) in [7, 11) is 1.79. The third-order valence-corrected chi connectivity index (χ3v) is 2.53. The van der Waals surface area contributed by atoms with Crippen molar-refractivity contribution in [1.82, 2.24) is 9.78 Å². The van der Waals surface area contributed by atoms with Crippen LogP contribution in [0, 0.1) is 11.6 Å². The van der Waals surface area contributed by atoms with Crippen LogP contribution < -0.4 is 5.32 Å². The van der Waals surface area contributed by atoms with E-state index in [4.69, 9.17) is 11.6 Å². The highest BCUT2D eigenvalue weighted by Crippen LogP contribution is 2.26. The number of benzene rings is 1. The van der Waals surface area contributed by atoms with Gasteiger partial charge < -0.3 is 5.32 Å². The summed E-state index contributed by atoms with van der Waals surface area (Å²) in [5.74, 6) is -1.40. The molecule has 0 saturated heterocycles. The van der Waals surface area contributed by atoms with Crippen molar-refractivity contribution in [3.05, 3.63) is 46.7 Å². The third-order valence-electron chi connectivity index (χ3n) is 2.23. The van der Waals surface area contributed by atoms with Crippen LogP contribution in [0.4, 0.5) is 14.5 Å². The molecule has 0 amide bonds. The fraction of sp³-hybridized carbons (Fsp3) is 0.182. The van der Waals surface area contributed by atoms with E-state index in [2.05, 4.69) is 10.4 Å². The molecule has 17 heavy (non-hydrogen) atoms. The quantitative estimate of drug-likeness (QED) is 0.916. The van der Waals surface area contributed by atoms with Gasteiger partial charge in [0, 0.05) is 31.4 Å². The highest BCUT2D eigenvalue weighted by Gasteiger charge is 2.09. The van der Waals surface area contributed by atoms with Gasteiger partial charge in [0.2, 0.25) is 0 Å². The Morgan fingerprint density at radius 3 is 2.76 bits per heavy atom. The molecule has 0 aliphatic carbocycles. The Hall–Kier alpha value is -1.62. The summed E-state index contributed by atoms with van der Waals surface area (Å²) in [6.07, 6.45) is 3.45. The minimum atomic E-state index is -0.709. The molecule has 0 spiro atoms. The Labute approximate surface area is 102 Å². The average molecular weight is 258 g/mol. The second-order valence-corrected chi connectivity index (χ2v) is 4.03. The molecular formula is C11H10ClF2N3. The molecule has 2 aromatic rings. The minimum Gasteiger partial charge on any atom is -0.377 e. The standard InChI is InChI=1S/C11H10ClF2N3/c1-17-6-7(5-16-17)4-15-11-9(12)2-8(13)3-10(11)14/h2-3,5-6,15H,4H2,1H3. The van der Waals surface area contributed by atoms with Crippen molar-refractivity contribution in [2.45, 2.75) is 6.54 Å². The molecule has 0 saturated carbocycles. The molecule has 1 heterocycles. The number of nitrogens with zero attached hydrogens (tertiary/aromatic N) is 2. The monoisotopic (exact) mass is 257 g/mol. The van der Waals surface area contributed by atoms with E-state index in [1.54, 1.807) is 24.1 Å². The van der Waals surface area contributed by atoms with E-state index in [9.17, 15) is 8.78 Å². The zero-order valence-electron chi connectivity index (χ0n) is 9.04. The largest absolute Gasteiger partial charge is 0.377 e. The summed E-state index contributed by atoms with van der Waals surface area (Å²) < 4.78 is 27.9. The van der Waals surface area contributed by atoms with Gasteiger partial charge in [0.05, 0.1) is 16.9 Å². The number of hydrogen-bond acceptors (Lipinski definition) is 2. The first kappa shape index (κ1) is 11.9. The van der Waals surface area contributed by atoms with Gasteiger partial charge in [-0.2, -0.15) is 5.10 Å². The van der Waals surface area contributed by atoms with Crippen molar-refractivity contribution >= 4 is 17.3 Å². The molecule has 1 aromatic carbocycles. The van der Waals surface area contributed by atoms with Crippen molar-refractivity contribution < 1.29 is 8.78 Å². The molecule has 0 bridgehead atoms. The van der Waals surface area contributed by atoms with Gasteiger partial charge >= 0.3 is 0 Å². The molecule has 0 unspecified atom stereocenters. The van der Waals surface area contributed by atoms with Crippen LogP contribution in [0.15, 0.2) is 24.5 Å². The first-order valence-corrected chi connectivity index (χ1v) is 5.30. The van der Waals surface area contributed by atoms with Gasteiger partial charge in [-0.1, -0.05) is 11.6 Å². The molecular weight excluding hydrogens is 248 g/mol. The minimum absolute atomic E-state index is 0.0198. The summed E-state index contributed by atoms with van der Waals surface area (Å²) >= 11 is 5.74. The van der Waals surface area contributed by atoms with Crippen LogP contribution in [0.5, 0.6) is 0 Å². The molecule has 0 radical (unpaired) electrons. The number of aromatic nitrogens is 2. The van der Waals surface area contributed by atoms with Gasteiger partial charge in [0.15, 0.2) is 5.82 Å². The lowest BCUT2D eigenvalue weighted by molar-refractivity contribution is 0.585. The van der Waals surface area contributed by atoms with Gasteiger partial charge in [0.25, 0.3) is 0 Å². The maximum absolute atomic E-state index is 13.4. The summed E-state index contributed by atoms with van der Waals surface area (Å²) in [6.45, 7) is 0.371. The van der Waals surface area contributed by atoms with Crippen LogP contribution in [0.2, 0.25) is 5.02 Å². The summed E-state index contributed by atoms with van der Waals surface area (Å²) in [6, 6.07) is 1.85. The van der Waals surface area contributed by atoms with E-state index in [0.29, 0.717) is 6.54 Å². The molecule has 6 heteroatoms. The van der Waals surface area contributed by atoms with Crippen LogP contribution >= 0.6 is 11.6 Å². The summed E-state index contributed by atoms with van der Waals surface area (Å²) in [5, 5.41) is 6.81. The Morgan fingerprint density at radius 1 is 1.41 bits per heavy atom. The van der Waals surface area contributed by atoms with E-state index >= 15 is 0 Å². The van der Waals surface area contributed by atoms with E-state index in [0.717, 1.165) is 17.7 Å². The fourth-order valence-corrected chi connectivity index (χ4v) is 1.73. The topological polar surface area (TPSA) is 29.9 Å². The van der Waals surface area contributed by atoms with Gasteiger partial charge in [-0.15, -0.1) is 0 Å². The zero-order chi connectivity index (χ0) is 12.4. The van der Waals surface area contributed by atoms with Crippen molar-refractivity contribution in [1.29, 1.82) is 0 Å². The Kier molecular flexibility index (Phi) is 3.28. The van der Waals surface area contributed by atoms with Crippen molar-refractivity contribution in [2.75, 3.05) is 5.32 Å². The third kappa shape index (κ3) is 2.74. The number of halogens is 3. The van der Waals surface area contributed by atoms with Crippen molar-refractivity contribution in [3.63, 3.8) is 0 Å². The molecule has 0 aliphatic heterocycles. The molecule has 0 fully saturated rings. The molecule has 0 atom stereocenters. The highest BCUT2D eigenvalue weighted by molar-refractivity contribution is 6.33. The van der Waals surface area contributed by atoms with Crippen LogP contribution in [-0.2, 0) is 13.6 Å². The molecule has 2 rings (SSSR count).